The van der Waals surface area contributed by atoms with Crippen LogP contribution in [0.2, 0.25) is 0 Å². The second-order valence-electron chi connectivity index (χ2n) is 2.79. The summed E-state index contributed by atoms with van der Waals surface area (Å²) in [5.41, 5.74) is -0.679. The zero-order chi connectivity index (χ0) is 13.2. The quantitative estimate of drug-likeness (QED) is 0.401. The molecule has 9 heteroatoms. The molecule has 0 spiro atoms. The van der Waals surface area contributed by atoms with E-state index in [1.165, 1.54) is 0 Å². The Bertz CT molecular complexity index is 412. The average molecular weight is 432 g/mol. The van der Waals surface area contributed by atoms with Gasteiger partial charge < -0.3 is 4.74 Å². The van der Waals surface area contributed by atoms with Crippen LogP contribution in [0, 0.1) is 3.57 Å². The fourth-order valence-corrected chi connectivity index (χ4v) is 2.48. The number of rotatable bonds is 3. The van der Waals surface area contributed by atoms with Crippen LogP contribution in [0.15, 0.2) is 6.07 Å². The molecule has 0 saturated carbocycles. The molecule has 1 heterocycles. The number of halogens is 7. The molecule has 0 saturated heterocycles. The Hall–Kier alpha value is -0.190. The fourth-order valence-electron chi connectivity index (χ4n) is 0.976. The van der Waals surface area contributed by atoms with Crippen molar-refractivity contribution in [2.24, 2.45) is 0 Å². The summed E-state index contributed by atoms with van der Waals surface area (Å²) in [6, 6.07) is 0.589. The summed E-state index contributed by atoms with van der Waals surface area (Å²) in [6.07, 6.45) is -7.88. The second kappa shape index (κ2) is 5.63. The second-order valence-corrected chi connectivity index (χ2v) is 4.43. The van der Waals surface area contributed by atoms with Crippen LogP contribution < -0.4 is 4.74 Å². The summed E-state index contributed by atoms with van der Waals surface area (Å²) in [5.74, 6) is -0.669. The molecule has 17 heavy (non-hydrogen) atoms. The van der Waals surface area contributed by atoms with Crippen molar-refractivity contribution in [1.82, 2.24) is 4.98 Å². The molecular weight excluding hydrogens is 428 g/mol. The minimum absolute atomic E-state index is 0.0428. The third kappa shape index (κ3) is 4.19. The van der Waals surface area contributed by atoms with Gasteiger partial charge in [0.2, 0.25) is 0 Å². The van der Waals surface area contributed by atoms with Gasteiger partial charge >= 0.3 is 6.36 Å². The molecule has 0 aliphatic rings. The topological polar surface area (TPSA) is 22.1 Å². The highest BCUT2D eigenvalue weighted by atomic mass is 127. The Morgan fingerprint density at radius 3 is 2.41 bits per heavy atom. The van der Waals surface area contributed by atoms with E-state index in [1.54, 1.807) is 22.6 Å². The van der Waals surface area contributed by atoms with Gasteiger partial charge in [-0.3, -0.25) is 0 Å². The lowest BCUT2D eigenvalue weighted by Gasteiger charge is -2.13. The smallest absolute Gasteiger partial charge is 0.405 e. The molecule has 0 radical (unpaired) electrons. The van der Waals surface area contributed by atoms with E-state index in [2.05, 4.69) is 25.7 Å². The van der Waals surface area contributed by atoms with Crippen LogP contribution in [0.5, 0.6) is 5.75 Å². The zero-order valence-corrected chi connectivity index (χ0v) is 11.6. The highest BCUT2D eigenvalue weighted by Crippen LogP contribution is 2.33. The van der Waals surface area contributed by atoms with Gasteiger partial charge in [0.15, 0.2) is 0 Å². The molecule has 1 aromatic heterocycles. The van der Waals surface area contributed by atoms with Crippen LogP contribution in [-0.4, -0.2) is 11.3 Å². The molecule has 0 aromatic carbocycles. The van der Waals surface area contributed by atoms with E-state index in [-0.39, 0.29) is 14.6 Å². The van der Waals surface area contributed by atoms with Gasteiger partial charge in [-0.1, -0.05) is 15.9 Å². The van der Waals surface area contributed by atoms with Gasteiger partial charge in [0, 0.05) is 11.4 Å². The van der Waals surface area contributed by atoms with Gasteiger partial charge in [0.25, 0.3) is 6.43 Å². The predicted molar refractivity (Wildman–Crippen MR) is 61.2 cm³/mol. The Kier molecular flexibility index (Phi) is 4.93. The monoisotopic (exact) mass is 431 g/mol. The van der Waals surface area contributed by atoms with Gasteiger partial charge in [0.1, 0.15) is 11.4 Å². The Balaban J connectivity index is 3.23. The van der Waals surface area contributed by atoms with Crippen molar-refractivity contribution in [2.75, 3.05) is 0 Å². The van der Waals surface area contributed by atoms with Gasteiger partial charge in [-0.25, -0.2) is 13.8 Å². The van der Waals surface area contributed by atoms with Gasteiger partial charge in [-0.05, 0) is 22.6 Å². The molecule has 0 fully saturated rings. The first-order chi connectivity index (χ1) is 7.74. The van der Waals surface area contributed by atoms with E-state index in [0.717, 1.165) is 0 Å². The molecule has 1 aromatic rings. The number of hydrogen-bond acceptors (Lipinski definition) is 2. The summed E-state index contributed by atoms with van der Waals surface area (Å²) in [5, 5.41) is 0.0556. The SMILES string of the molecule is FC(F)c1cc(OC(F)(F)F)c(I)c(CBr)n1. The van der Waals surface area contributed by atoms with E-state index in [0.29, 0.717) is 6.07 Å². The van der Waals surface area contributed by atoms with E-state index >= 15 is 0 Å². The van der Waals surface area contributed by atoms with Crippen molar-refractivity contribution in [3.63, 3.8) is 0 Å². The Morgan fingerprint density at radius 1 is 1.41 bits per heavy atom. The zero-order valence-electron chi connectivity index (χ0n) is 7.86. The lowest BCUT2D eigenvalue weighted by Crippen LogP contribution is -2.18. The maximum absolute atomic E-state index is 12.4. The maximum atomic E-state index is 12.4. The van der Waals surface area contributed by atoms with Crippen molar-refractivity contribution in [3.05, 3.63) is 21.0 Å². The maximum Gasteiger partial charge on any atom is 0.573 e. The largest absolute Gasteiger partial charge is 0.573 e. The Morgan fingerprint density at radius 2 is 2.00 bits per heavy atom. The van der Waals surface area contributed by atoms with Crippen molar-refractivity contribution >= 4 is 38.5 Å². The van der Waals surface area contributed by atoms with Gasteiger partial charge in [-0.2, -0.15) is 0 Å². The standard InChI is InChI=1S/C8H4BrF5INO/c9-2-4-6(15)5(17-8(12,13)14)1-3(16-4)7(10)11/h1,7H,2H2. The molecule has 0 atom stereocenters. The minimum atomic E-state index is -4.93. The summed E-state index contributed by atoms with van der Waals surface area (Å²) in [4.78, 5) is 3.53. The number of pyridine rings is 1. The summed E-state index contributed by atoms with van der Waals surface area (Å²) in [7, 11) is 0. The normalized spacial score (nSPS) is 12.0. The molecule has 2 nitrogen and oxygen atoms in total. The van der Waals surface area contributed by atoms with Crippen molar-refractivity contribution < 1.29 is 26.7 Å². The van der Waals surface area contributed by atoms with Crippen LogP contribution in [-0.2, 0) is 5.33 Å². The van der Waals surface area contributed by atoms with Crippen molar-refractivity contribution in [3.8, 4) is 5.75 Å². The molecule has 1 rings (SSSR count). The third-order valence-electron chi connectivity index (χ3n) is 1.59. The van der Waals surface area contributed by atoms with E-state index in [1.807, 2.05) is 0 Å². The Labute approximate surface area is 115 Å². The molecule has 96 valence electrons. The van der Waals surface area contributed by atoms with Crippen molar-refractivity contribution in [1.29, 1.82) is 0 Å². The van der Waals surface area contributed by atoms with E-state index < -0.39 is 24.2 Å². The first-order valence-corrected chi connectivity index (χ1v) is 6.23. The first kappa shape index (κ1) is 14.9. The molecule has 0 unspecified atom stereocenters. The highest BCUT2D eigenvalue weighted by molar-refractivity contribution is 14.1. The average Bonchev–Trinajstić information content (AvgIpc) is 2.18. The number of aromatic nitrogens is 1. The fraction of sp³-hybridized carbons (Fsp3) is 0.375. The summed E-state index contributed by atoms with van der Waals surface area (Å²) in [6.45, 7) is 0. The van der Waals surface area contributed by atoms with Crippen LogP contribution in [0.4, 0.5) is 22.0 Å². The van der Waals surface area contributed by atoms with Gasteiger partial charge in [0.05, 0.1) is 9.26 Å². The minimum Gasteiger partial charge on any atom is -0.405 e. The first-order valence-electron chi connectivity index (χ1n) is 4.03. The van der Waals surface area contributed by atoms with Crippen molar-refractivity contribution in [2.45, 2.75) is 18.1 Å². The van der Waals surface area contributed by atoms with Crippen LogP contribution in [0.3, 0.4) is 0 Å². The van der Waals surface area contributed by atoms with Gasteiger partial charge in [-0.15, -0.1) is 13.2 Å². The van der Waals surface area contributed by atoms with Crippen LogP contribution in [0.1, 0.15) is 17.8 Å². The number of alkyl halides is 6. The highest BCUT2D eigenvalue weighted by Gasteiger charge is 2.33. The van der Waals surface area contributed by atoms with E-state index in [4.69, 9.17) is 0 Å². The molecule has 0 bridgehead atoms. The van der Waals surface area contributed by atoms with Crippen LogP contribution >= 0.6 is 38.5 Å². The third-order valence-corrected chi connectivity index (χ3v) is 3.27. The summed E-state index contributed by atoms with van der Waals surface area (Å²) < 4.78 is 64.7. The molecule has 0 N–H and O–H groups in total. The molecule has 0 aliphatic carbocycles. The molecule has 0 amide bonds. The lowest BCUT2D eigenvalue weighted by molar-refractivity contribution is -0.275. The number of nitrogens with zero attached hydrogens (tertiary/aromatic N) is 1. The number of hydrogen-bond donors (Lipinski definition) is 0. The molecular formula is C8H4BrF5INO. The van der Waals surface area contributed by atoms with E-state index in [9.17, 15) is 22.0 Å². The van der Waals surface area contributed by atoms with Crippen LogP contribution in [0.25, 0.3) is 0 Å². The predicted octanol–water partition coefficient (Wildman–Crippen LogP) is 4.42. The molecule has 0 aliphatic heterocycles. The number of ether oxygens (including phenoxy) is 1. The summed E-state index contributed by atoms with van der Waals surface area (Å²) >= 11 is 4.52. The lowest BCUT2D eigenvalue weighted by atomic mass is 10.3.